The van der Waals surface area contributed by atoms with Gasteiger partial charge in [0.25, 0.3) is 5.56 Å². The maximum atomic E-state index is 13.4. The molecule has 228 valence electrons. The number of hydrogen-bond donors (Lipinski definition) is 1. The van der Waals surface area contributed by atoms with E-state index in [-0.39, 0.29) is 46.1 Å². The Morgan fingerprint density at radius 3 is 2.02 bits per heavy atom. The molecule has 4 unspecified atom stereocenters. The quantitative estimate of drug-likeness (QED) is 0.174. The molecule has 1 aromatic carbocycles. The minimum Gasteiger partial charge on any atom is -0.417 e. The van der Waals surface area contributed by atoms with E-state index in [1.54, 1.807) is 4.57 Å². The van der Waals surface area contributed by atoms with Gasteiger partial charge in [-0.2, -0.15) is 0 Å². The molecule has 1 aliphatic carbocycles. The van der Waals surface area contributed by atoms with Gasteiger partial charge in [-0.15, -0.1) is 0 Å². The number of nitrogens with one attached hydrogen (secondary N) is 1. The van der Waals surface area contributed by atoms with Crippen LogP contribution in [-0.2, 0) is 21.8 Å². The Hall–Kier alpha value is -1.66. The predicted molar refractivity (Wildman–Crippen MR) is 177 cm³/mol. The molecule has 0 radical (unpaired) electrons. The SMILES string of the molecule is CCc1c(Sc2ccccc2)n(CC2=CC(C(O[SiH](C)C)C(C)(C)C)C(C(O[SiH](C)C)C(C)(C)C)C2)c(=O)[nH]c1=O. The maximum Gasteiger partial charge on any atom is 0.329 e. The van der Waals surface area contributed by atoms with Gasteiger partial charge in [-0.3, -0.25) is 14.3 Å². The van der Waals surface area contributed by atoms with E-state index >= 15 is 0 Å². The lowest BCUT2D eigenvalue weighted by Gasteiger charge is -2.45. The third kappa shape index (κ3) is 8.69. The van der Waals surface area contributed by atoms with Crippen molar-refractivity contribution in [1.82, 2.24) is 9.55 Å². The van der Waals surface area contributed by atoms with Gasteiger partial charge in [0.15, 0.2) is 18.1 Å². The van der Waals surface area contributed by atoms with Crippen molar-refractivity contribution >= 4 is 29.8 Å². The van der Waals surface area contributed by atoms with Gasteiger partial charge in [0.2, 0.25) is 0 Å². The van der Waals surface area contributed by atoms with Gasteiger partial charge in [0, 0.05) is 22.9 Å². The van der Waals surface area contributed by atoms with Gasteiger partial charge < -0.3 is 8.85 Å². The molecule has 6 nitrogen and oxygen atoms in total. The van der Waals surface area contributed by atoms with E-state index in [1.807, 2.05) is 37.3 Å². The fraction of sp³-hybridized carbons (Fsp3) is 0.625. The van der Waals surface area contributed by atoms with Crippen molar-refractivity contribution in [1.29, 1.82) is 0 Å². The summed E-state index contributed by atoms with van der Waals surface area (Å²) in [5, 5.41) is 0.727. The minimum absolute atomic E-state index is 0.0420. The second kappa shape index (κ2) is 13.8. The van der Waals surface area contributed by atoms with Crippen LogP contribution in [0.4, 0.5) is 0 Å². The van der Waals surface area contributed by atoms with E-state index in [9.17, 15) is 9.59 Å². The van der Waals surface area contributed by atoms with Crippen molar-refractivity contribution in [2.45, 2.75) is 116 Å². The minimum atomic E-state index is -1.34. The molecule has 3 rings (SSSR count). The largest absolute Gasteiger partial charge is 0.417 e. The number of aromatic nitrogens is 2. The van der Waals surface area contributed by atoms with Gasteiger partial charge >= 0.3 is 5.69 Å². The highest BCUT2D eigenvalue weighted by Crippen LogP contribution is 2.47. The van der Waals surface area contributed by atoms with Crippen LogP contribution in [-0.4, -0.2) is 39.8 Å². The highest BCUT2D eigenvalue weighted by atomic mass is 32.2. The van der Waals surface area contributed by atoms with Crippen molar-refractivity contribution < 1.29 is 8.85 Å². The third-order valence-electron chi connectivity index (χ3n) is 7.62. The summed E-state index contributed by atoms with van der Waals surface area (Å²) in [6.45, 7) is 25.0. The summed E-state index contributed by atoms with van der Waals surface area (Å²) in [6.07, 6.45) is 3.91. The predicted octanol–water partition coefficient (Wildman–Crippen LogP) is 6.64. The lowest BCUT2D eigenvalue weighted by atomic mass is 9.70. The van der Waals surface area contributed by atoms with Crippen LogP contribution < -0.4 is 11.2 Å². The number of nitrogens with zero attached hydrogens (tertiary/aromatic N) is 1. The Kier molecular flexibility index (Phi) is 11.4. The van der Waals surface area contributed by atoms with Gasteiger partial charge in [0.05, 0.1) is 17.2 Å². The molecule has 1 aliphatic rings. The normalized spacial score (nSPS) is 19.6. The van der Waals surface area contributed by atoms with E-state index in [1.165, 1.54) is 17.3 Å². The summed E-state index contributed by atoms with van der Waals surface area (Å²) in [7, 11) is -2.66. The Morgan fingerprint density at radius 1 is 0.951 bits per heavy atom. The highest BCUT2D eigenvalue weighted by molar-refractivity contribution is 7.99. The zero-order valence-corrected chi connectivity index (χ0v) is 30.2. The van der Waals surface area contributed by atoms with Crippen molar-refractivity contribution in [3.05, 3.63) is 68.4 Å². The van der Waals surface area contributed by atoms with Crippen LogP contribution in [0.15, 0.2) is 61.5 Å². The zero-order valence-electron chi connectivity index (χ0n) is 27.0. The van der Waals surface area contributed by atoms with E-state index in [2.05, 4.69) is 78.8 Å². The van der Waals surface area contributed by atoms with E-state index in [0.29, 0.717) is 18.5 Å². The summed E-state index contributed by atoms with van der Waals surface area (Å²) in [5.41, 5.74) is 1.10. The fourth-order valence-corrected chi connectivity index (χ4v) is 9.52. The molecule has 0 saturated heterocycles. The summed E-state index contributed by atoms with van der Waals surface area (Å²) in [6, 6.07) is 9.97. The van der Waals surface area contributed by atoms with Crippen LogP contribution in [0.3, 0.4) is 0 Å². The molecule has 0 fully saturated rings. The standard InChI is InChI=1S/C32H52N2O4SSi2/c1-12-23-28(35)33-30(36)34(29(23)39-22-16-14-13-15-17-22)20-21-18-24(26(31(2,3)4)37-40(8)9)25(19-21)27(32(5,6)7)38-41(10)11/h13-18,24-27,40-41H,12,19-20H2,1-11H3,(H,33,35,36). The fourth-order valence-electron chi connectivity index (χ4n) is 6.01. The lowest BCUT2D eigenvalue weighted by Crippen LogP contribution is -2.47. The molecule has 1 N–H and O–H groups in total. The molecular formula is C32H52N2O4SSi2. The monoisotopic (exact) mass is 616 g/mol. The average Bonchev–Trinajstić information content (AvgIpc) is 3.25. The Bertz CT molecular complexity index is 1310. The van der Waals surface area contributed by atoms with Crippen LogP contribution in [0.25, 0.3) is 0 Å². The van der Waals surface area contributed by atoms with E-state index < -0.39 is 18.1 Å². The molecule has 4 atom stereocenters. The first-order chi connectivity index (χ1) is 19.0. The number of hydrogen-bond acceptors (Lipinski definition) is 5. The lowest BCUT2D eigenvalue weighted by molar-refractivity contribution is -0.0312. The van der Waals surface area contributed by atoms with Crippen LogP contribution in [0.1, 0.15) is 60.5 Å². The Labute approximate surface area is 254 Å². The second-order valence-electron chi connectivity index (χ2n) is 14.1. The molecule has 0 spiro atoms. The molecule has 1 aromatic heterocycles. The van der Waals surface area contributed by atoms with Gasteiger partial charge in [-0.25, -0.2) is 4.79 Å². The second-order valence-corrected chi connectivity index (χ2v) is 19.9. The van der Waals surface area contributed by atoms with Gasteiger partial charge in [0.1, 0.15) is 0 Å². The van der Waals surface area contributed by atoms with Crippen LogP contribution >= 0.6 is 11.8 Å². The topological polar surface area (TPSA) is 73.3 Å². The summed E-state index contributed by atoms with van der Waals surface area (Å²) < 4.78 is 15.4. The highest BCUT2D eigenvalue weighted by Gasteiger charge is 2.46. The average molecular weight is 617 g/mol. The molecule has 2 aromatic rings. The van der Waals surface area contributed by atoms with E-state index in [0.717, 1.165) is 16.3 Å². The van der Waals surface area contributed by atoms with Crippen molar-refractivity contribution in [2.24, 2.45) is 22.7 Å². The number of aromatic amines is 1. The van der Waals surface area contributed by atoms with E-state index in [4.69, 9.17) is 8.85 Å². The van der Waals surface area contributed by atoms with Gasteiger partial charge in [-0.1, -0.05) is 90.1 Å². The molecule has 0 bridgehead atoms. The summed E-state index contributed by atoms with van der Waals surface area (Å²) >= 11 is 1.49. The smallest absolute Gasteiger partial charge is 0.329 e. The summed E-state index contributed by atoms with van der Waals surface area (Å²) in [4.78, 5) is 29.8. The molecule has 0 amide bonds. The zero-order chi connectivity index (χ0) is 30.7. The number of benzene rings is 1. The Balaban J connectivity index is 2.14. The van der Waals surface area contributed by atoms with Crippen LogP contribution in [0.2, 0.25) is 26.2 Å². The van der Waals surface area contributed by atoms with Crippen molar-refractivity contribution in [3.63, 3.8) is 0 Å². The summed E-state index contributed by atoms with van der Waals surface area (Å²) in [5.74, 6) is 0.414. The first kappa shape index (κ1) is 33.8. The molecular weight excluding hydrogens is 565 g/mol. The first-order valence-corrected chi connectivity index (χ1v) is 21.5. The van der Waals surface area contributed by atoms with Crippen LogP contribution in [0.5, 0.6) is 0 Å². The molecule has 1 heterocycles. The first-order valence-electron chi connectivity index (χ1n) is 15.1. The maximum absolute atomic E-state index is 13.4. The molecule has 0 aliphatic heterocycles. The number of rotatable bonds is 11. The van der Waals surface area contributed by atoms with Crippen LogP contribution in [0, 0.1) is 22.7 Å². The Morgan fingerprint density at radius 2 is 1.51 bits per heavy atom. The van der Waals surface area contributed by atoms with Crippen molar-refractivity contribution in [3.8, 4) is 0 Å². The van der Waals surface area contributed by atoms with Gasteiger partial charge in [-0.05, 0) is 67.9 Å². The molecule has 41 heavy (non-hydrogen) atoms. The number of allylic oxidation sites excluding steroid dienone is 1. The number of H-pyrrole nitrogens is 1. The molecule has 9 heteroatoms. The third-order valence-corrected chi connectivity index (χ3v) is 10.5. The molecule has 0 saturated carbocycles. The van der Waals surface area contributed by atoms with Crippen molar-refractivity contribution in [2.75, 3.05) is 0 Å².